The summed E-state index contributed by atoms with van der Waals surface area (Å²) in [6.07, 6.45) is 0. The molecule has 0 saturated heterocycles. The van der Waals surface area contributed by atoms with Crippen molar-refractivity contribution in [2.24, 2.45) is 4.99 Å². The maximum absolute atomic E-state index is 13.0. The van der Waals surface area contributed by atoms with Gasteiger partial charge in [0.15, 0.2) is 4.80 Å². The first-order valence-corrected chi connectivity index (χ1v) is 9.74. The molecule has 1 aromatic carbocycles. The minimum Gasteiger partial charge on any atom is -0.463 e. The molecule has 0 N–H and O–H groups in total. The first kappa shape index (κ1) is 18.1. The van der Waals surface area contributed by atoms with Crippen LogP contribution in [0.2, 0.25) is 0 Å². The number of carbonyl (C=O) groups is 1. The molecule has 0 spiro atoms. The molecule has 5 nitrogen and oxygen atoms in total. The van der Waals surface area contributed by atoms with Gasteiger partial charge < -0.3 is 4.74 Å². The average Bonchev–Trinajstić information content (AvgIpc) is 2.91. The number of fused-ring (bicyclic) bond motifs is 1. The molecule has 130 valence electrons. The third-order valence-electron chi connectivity index (χ3n) is 3.92. The monoisotopic (exact) mass is 468 g/mol. The van der Waals surface area contributed by atoms with Gasteiger partial charge >= 0.3 is 5.97 Å². The number of thiazole rings is 1. The molecule has 7 heteroatoms. The van der Waals surface area contributed by atoms with Crippen molar-refractivity contribution in [3.63, 3.8) is 0 Å². The van der Waals surface area contributed by atoms with Gasteiger partial charge in [-0.05, 0) is 48.9 Å². The minimum atomic E-state index is -0.527. The topological polar surface area (TPSA) is 60.7 Å². The first-order chi connectivity index (χ1) is 12.0. The van der Waals surface area contributed by atoms with E-state index in [0.717, 1.165) is 9.14 Å². The van der Waals surface area contributed by atoms with E-state index < -0.39 is 12.0 Å². The molecule has 2 heterocycles. The Balaban J connectivity index is 2.36. The predicted molar refractivity (Wildman–Crippen MR) is 106 cm³/mol. The molecule has 0 amide bonds. The van der Waals surface area contributed by atoms with Crippen LogP contribution in [0.15, 0.2) is 51.4 Å². The van der Waals surface area contributed by atoms with Gasteiger partial charge in [-0.2, -0.15) is 0 Å². The van der Waals surface area contributed by atoms with Crippen LogP contribution in [-0.4, -0.2) is 17.1 Å². The molecule has 1 aliphatic heterocycles. The van der Waals surface area contributed by atoms with Crippen LogP contribution >= 0.6 is 33.9 Å². The highest BCUT2D eigenvalue weighted by atomic mass is 127. The zero-order valence-corrected chi connectivity index (χ0v) is 17.1. The highest BCUT2D eigenvalue weighted by molar-refractivity contribution is 14.1. The standard InChI is InChI=1S/C18H17IN2O3S/c1-4-24-17(23)13-11(3)20-18-21(16(22)15(25-18)10(2)19)14(13)12-8-6-5-7-9-12/h5-9,14H,4H2,1-3H3. The number of rotatable bonds is 3. The summed E-state index contributed by atoms with van der Waals surface area (Å²) in [5, 5.41) is 0. The van der Waals surface area contributed by atoms with E-state index >= 15 is 0 Å². The number of allylic oxidation sites excluding steroid dienone is 1. The van der Waals surface area contributed by atoms with Crippen molar-refractivity contribution < 1.29 is 9.53 Å². The van der Waals surface area contributed by atoms with Crippen LogP contribution in [0.25, 0.3) is 3.58 Å². The van der Waals surface area contributed by atoms with Gasteiger partial charge in [-0.25, -0.2) is 9.79 Å². The molecule has 0 radical (unpaired) electrons. The molecule has 1 aliphatic rings. The maximum Gasteiger partial charge on any atom is 0.338 e. The average molecular weight is 468 g/mol. The van der Waals surface area contributed by atoms with Crippen LogP contribution in [0.4, 0.5) is 0 Å². The zero-order valence-electron chi connectivity index (χ0n) is 14.1. The summed E-state index contributed by atoms with van der Waals surface area (Å²) in [4.78, 5) is 30.7. The highest BCUT2D eigenvalue weighted by Gasteiger charge is 2.33. The molecule has 25 heavy (non-hydrogen) atoms. The number of halogens is 1. The third-order valence-corrected chi connectivity index (χ3v) is 5.98. The number of ether oxygens (including phenoxy) is 1. The Hall–Kier alpha value is -1.74. The van der Waals surface area contributed by atoms with E-state index in [9.17, 15) is 9.59 Å². The quantitative estimate of drug-likeness (QED) is 0.514. The summed E-state index contributed by atoms with van der Waals surface area (Å²) in [6, 6.07) is 9.00. The Bertz CT molecular complexity index is 1030. The van der Waals surface area contributed by atoms with Crippen molar-refractivity contribution in [1.29, 1.82) is 0 Å². The number of carbonyl (C=O) groups excluding carboxylic acids is 1. The fourth-order valence-electron chi connectivity index (χ4n) is 2.85. The second kappa shape index (κ2) is 7.25. The second-order valence-corrected chi connectivity index (χ2v) is 8.16. The lowest BCUT2D eigenvalue weighted by Crippen LogP contribution is -2.40. The predicted octanol–water partition coefficient (Wildman–Crippen LogP) is 2.53. The van der Waals surface area contributed by atoms with E-state index in [-0.39, 0.29) is 12.2 Å². The van der Waals surface area contributed by atoms with Gasteiger partial charge in [0, 0.05) is 3.58 Å². The summed E-state index contributed by atoms with van der Waals surface area (Å²) in [6.45, 7) is 5.72. The summed E-state index contributed by atoms with van der Waals surface area (Å²) in [5.41, 5.74) is 1.74. The van der Waals surface area contributed by atoms with Crippen molar-refractivity contribution in [2.45, 2.75) is 26.8 Å². The minimum absolute atomic E-state index is 0.126. The number of hydrogen-bond donors (Lipinski definition) is 0. The molecular weight excluding hydrogens is 451 g/mol. The molecule has 0 saturated carbocycles. The Morgan fingerprint density at radius 2 is 2.04 bits per heavy atom. The number of hydrogen-bond acceptors (Lipinski definition) is 5. The molecule has 0 aliphatic carbocycles. The van der Waals surface area contributed by atoms with Gasteiger partial charge in [0.2, 0.25) is 0 Å². The lowest BCUT2D eigenvalue weighted by atomic mass is 9.96. The van der Waals surface area contributed by atoms with Gasteiger partial charge in [-0.1, -0.05) is 41.7 Å². The normalized spacial score (nSPS) is 17.7. The fourth-order valence-corrected chi connectivity index (χ4v) is 4.39. The van der Waals surface area contributed by atoms with E-state index in [1.165, 1.54) is 11.3 Å². The second-order valence-electron chi connectivity index (χ2n) is 5.57. The van der Waals surface area contributed by atoms with Crippen molar-refractivity contribution in [3.8, 4) is 0 Å². The van der Waals surface area contributed by atoms with Crippen molar-refractivity contribution in [3.05, 3.63) is 66.9 Å². The van der Waals surface area contributed by atoms with Gasteiger partial charge in [-0.15, -0.1) is 0 Å². The first-order valence-electron chi connectivity index (χ1n) is 7.85. The van der Waals surface area contributed by atoms with E-state index in [2.05, 4.69) is 27.6 Å². The fraction of sp³-hybridized carbons (Fsp3) is 0.278. The van der Waals surface area contributed by atoms with Crippen LogP contribution in [0.5, 0.6) is 0 Å². The van der Waals surface area contributed by atoms with Gasteiger partial charge in [-0.3, -0.25) is 9.36 Å². The zero-order chi connectivity index (χ0) is 18.1. The Morgan fingerprint density at radius 3 is 2.64 bits per heavy atom. The largest absolute Gasteiger partial charge is 0.463 e. The van der Waals surface area contributed by atoms with E-state index in [4.69, 9.17) is 4.74 Å². The summed E-state index contributed by atoms with van der Waals surface area (Å²) in [7, 11) is 0. The van der Waals surface area contributed by atoms with E-state index in [1.54, 1.807) is 18.4 Å². The Labute approximate surface area is 162 Å². The Kier molecular flexibility index (Phi) is 5.24. The number of esters is 1. The van der Waals surface area contributed by atoms with Crippen molar-refractivity contribution >= 4 is 43.5 Å². The maximum atomic E-state index is 13.0. The molecule has 1 unspecified atom stereocenters. The highest BCUT2D eigenvalue weighted by Crippen LogP contribution is 2.30. The van der Waals surface area contributed by atoms with Crippen LogP contribution in [0, 0.1) is 0 Å². The number of benzene rings is 1. The van der Waals surface area contributed by atoms with Crippen molar-refractivity contribution in [1.82, 2.24) is 4.57 Å². The molecule has 3 rings (SSSR count). The molecule has 2 aromatic rings. The van der Waals surface area contributed by atoms with Crippen LogP contribution in [0.3, 0.4) is 0 Å². The van der Waals surface area contributed by atoms with Crippen LogP contribution in [-0.2, 0) is 9.53 Å². The summed E-state index contributed by atoms with van der Waals surface area (Å²) < 4.78 is 8.41. The Morgan fingerprint density at radius 1 is 1.36 bits per heavy atom. The number of aromatic nitrogens is 1. The molecule has 0 bridgehead atoms. The smallest absolute Gasteiger partial charge is 0.338 e. The lowest BCUT2D eigenvalue weighted by molar-refractivity contribution is -0.139. The molecule has 1 atom stereocenters. The van der Waals surface area contributed by atoms with Crippen LogP contribution in [0.1, 0.15) is 32.4 Å². The van der Waals surface area contributed by atoms with Gasteiger partial charge in [0.1, 0.15) is 4.53 Å². The summed E-state index contributed by atoms with van der Waals surface area (Å²) in [5.74, 6) is -0.432. The van der Waals surface area contributed by atoms with Crippen LogP contribution < -0.4 is 14.9 Å². The lowest BCUT2D eigenvalue weighted by Gasteiger charge is -2.24. The van der Waals surface area contributed by atoms with Gasteiger partial charge in [0.25, 0.3) is 5.56 Å². The van der Waals surface area contributed by atoms with Crippen molar-refractivity contribution in [2.75, 3.05) is 6.61 Å². The molecule has 0 fully saturated rings. The molecular formula is C18H17IN2O3S. The van der Waals surface area contributed by atoms with E-state index in [1.807, 2.05) is 37.3 Å². The SMILES string of the molecule is CCOC(=O)C1=C(C)N=c2sc(=C(C)I)c(=O)n2C1c1ccccc1. The van der Waals surface area contributed by atoms with E-state index in [0.29, 0.717) is 20.6 Å². The third kappa shape index (κ3) is 3.22. The summed E-state index contributed by atoms with van der Waals surface area (Å²) >= 11 is 3.50. The number of nitrogens with zero attached hydrogens (tertiary/aromatic N) is 2. The molecule has 1 aromatic heterocycles. The van der Waals surface area contributed by atoms with Gasteiger partial charge in [0.05, 0.1) is 23.9 Å².